The average Bonchev–Trinajstić information content (AvgIpc) is 2.60. The quantitative estimate of drug-likeness (QED) is 0.497. The predicted octanol–water partition coefficient (Wildman–Crippen LogP) is 1.81. The number of rotatable bonds is 3. The molecule has 0 aromatic heterocycles. The summed E-state index contributed by atoms with van der Waals surface area (Å²) in [6.45, 7) is 1.69. The molecule has 0 saturated heterocycles. The second-order valence-corrected chi connectivity index (χ2v) is 6.24. The number of hydrogen-bond acceptors (Lipinski definition) is 7. The number of dihydropyridines is 1. The van der Waals surface area contributed by atoms with E-state index < -0.39 is 28.2 Å². The minimum Gasteiger partial charge on any atom is -0.868 e. The Morgan fingerprint density at radius 2 is 2.08 bits per heavy atom. The number of nitrogens with one attached hydrogen (secondary N) is 1. The lowest BCUT2D eigenvalue weighted by Gasteiger charge is -2.34. The van der Waals surface area contributed by atoms with Crippen LogP contribution < -0.4 is 10.4 Å². The van der Waals surface area contributed by atoms with Crippen molar-refractivity contribution in [1.82, 2.24) is 5.32 Å². The summed E-state index contributed by atoms with van der Waals surface area (Å²) in [6, 6.07) is 3.66. The fourth-order valence-electron chi connectivity index (χ4n) is 3.55. The Morgan fingerprint density at radius 3 is 2.73 bits per heavy atom. The van der Waals surface area contributed by atoms with E-state index in [1.165, 1.54) is 13.2 Å². The maximum Gasteiger partial charge on any atom is 0.336 e. The van der Waals surface area contributed by atoms with Gasteiger partial charge in [-0.2, -0.15) is 0 Å². The standard InChI is InChI=1S/C18H18N2O6/c1-9-15(18(23)26-2)16(17-11(19-9)4-3-5-14(17)22)10-6-7-13(21)12(8-10)20(24)25/h6-8,16,19,21H,3-5H2,1-2H3/p-1. The first-order chi connectivity index (χ1) is 12.3. The van der Waals surface area contributed by atoms with Crippen molar-refractivity contribution in [2.75, 3.05) is 7.11 Å². The summed E-state index contributed by atoms with van der Waals surface area (Å²) in [6.07, 6.45) is 1.68. The molecule has 0 radical (unpaired) electrons. The molecule has 1 atom stereocenters. The minimum absolute atomic E-state index is 0.119. The van der Waals surface area contributed by atoms with Crippen molar-refractivity contribution in [1.29, 1.82) is 0 Å². The van der Waals surface area contributed by atoms with Crippen LogP contribution in [0.1, 0.15) is 37.7 Å². The number of esters is 1. The molecule has 1 aliphatic heterocycles. The maximum atomic E-state index is 12.6. The van der Waals surface area contributed by atoms with Gasteiger partial charge in [0.2, 0.25) is 0 Å². The number of nitro groups is 1. The Morgan fingerprint density at radius 1 is 1.35 bits per heavy atom. The third kappa shape index (κ3) is 2.83. The molecule has 0 saturated carbocycles. The van der Waals surface area contributed by atoms with Gasteiger partial charge in [0.05, 0.1) is 17.6 Å². The molecule has 0 fully saturated rings. The molecule has 136 valence electrons. The van der Waals surface area contributed by atoms with E-state index >= 15 is 0 Å². The Bertz CT molecular complexity index is 884. The van der Waals surface area contributed by atoms with Crippen molar-refractivity contribution in [3.8, 4) is 5.75 Å². The average molecular weight is 357 g/mol. The molecular weight excluding hydrogens is 340 g/mol. The zero-order chi connectivity index (χ0) is 19.0. The van der Waals surface area contributed by atoms with Crippen LogP contribution in [-0.4, -0.2) is 23.8 Å². The molecule has 1 aromatic carbocycles. The van der Waals surface area contributed by atoms with Gasteiger partial charge in [-0.05, 0) is 31.1 Å². The zero-order valence-corrected chi connectivity index (χ0v) is 14.3. The molecular formula is C18H17N2O6-. The number of benzene rings is 1. The molecule has 8 heteroatoms. The van der Waals surface area contributed by atoms with E-state index in [0.717, 1.165) is 12.1 Å². The first kappa shape index (κ1) is 17.7. The number of allylic oxidation sites excluding steroid dienone is 3. The Hall–Kier alpha value is -3.16. The first-order valence-corrected chi connectivity index (χ1v) is 8.12. The highest BCUT2D eigenvalue weighted by Crippen LogP contribution is 2.43. The van der Waals surface area contributed by atoms with Crippen LogP contribution in [0.5, 0.6) is 5.75 Å². The van der Waals surface area contributed by atoms with E-state index in [0.29, 0.717) is 41.8 Å². The molecule has 0 spiro atoms. The van der Waals surface area contributed by atoms with Gasteiger partial charge in [-0.15, -0.1) is 0 Å². The summed E-state index contributed by atoms with van der Waals surface area (Å²) in [5.41, 5.74) is 1.63. The highest BCUT2D eigenvalue weighted by atomic mass is 16.6. The lowest BCUT2D eigenvalue weighted by atomic mass is 9.75. The van der Waals surface area contributed by atoms with E-state index in [4.69, 9.17) is 4.74 Å². The summed E-state index contributed by atoms with van der Waals surface area (Å²) in [5.74, 6) is -2.27. The van der Waals surface area contributed by atoms with E-state index in [-0.39, 0.29) is 11.4 Å². The number of ether oxygens (including phenoxy) is 1. The molecule has 1 unspecified atom stereocenters. The third-order valence-electron chi connectivity index (χ3n) is 4.69. The lowest BCUT2D eigenvalue weighted by Crippen LogP contribution is -2.34. The lowest BCUT2D eigenvalue weighted by molar-refractivity contribution is -0.398. The number of hydrogen-bond donors (Lipinski definition) is 1. The minimum atomic E-state index is -0.800. The summed E-state index contributed by atoms with van der Waals surface area (Å²) >= 11 is 0. The Balaban J connectivity index is 2.24. The number of methoxy groups -OCH3 is 1. The van der Waals surface area contributed by atoms with Crippen LogP contribution >= 0.6 is 0 Å². The second-order valence-electron chi connectivity index (χ2n) is 6.24. The Kier molecular flexibility index (Phi) is 4.50. The smallest absolute Gasteiger partial charge is 0.336 e. The fraction of sp³-hybridized carbons (Fsp3) is 0.333. The molecule has 0 bridgehead atoms. The topological polar surface area (TPSA) is 122 Å². The van der Waals surface area contributed by atoms with Crippen molar-refractivity contribution in [3.05, 3.63) is 56.4 Å². The molecule has 1 aliphatic carbocycles. The summed E-state index contributed by atoms with van der Waals surface area (Å²) in [4.78, 5) is 35.4. The number of carbonyl (C=O) groups excluding carboxylic acids is 2. The number of carbonyl (C=O) groups is 2. The molecule has 8 nitrogen and oxygen atoms in total. The predicted molar refractivity (Wildman–Crippen MR) is 89.0 cm³/mol. The molecule has 1 N–H and O–H groups in total. The monoisotopic (exact) mass is 357 g/mol. The van der Waals surface area contributed by atoms with Crippen LogP contribution in [0.25, 0.3) is 0 Å². The number of nitrogens with zero attached hydrogens (tertiary/aromatic N) is 1. The van der Waals surface area contributed by atoms with E-state index in [9.17, 15) is 24.8 Å². The molecule has 26 heavy (non-hydrogen) atoms. The van der Waals surface area contributed by atoms with Gasteiger partial charge in [0.15, 0.2) is 5.78 Å². The molecule has 1 aromatic rings. The van der Waals surface area contributed by atoms with Gasteiger partial charge in [-0.3, -0.25) is 14.9 Å². The SMILES string of the molecule is COC(=O)C1=C(C)NC2=C(C(=O)CCC2)C1c1ccc([O-])c([N+](=O)[O-])c1. The van der Waals surface area contributed by atoms with Crippen molar-refractivity contribution in [3.63, 3.8) is 0 Å². The van der Waals surface area contributed by atoms with Crippen LogP contribution in [-0.2, 0) is 14.3 Å². The van der Waals surface area contributed by atoms with Crippen molar-refractivity contribution in [2.45, 2.75) is 32.1 Å². The molecule has 0 amide bonds. The summed E-state index contributed by atoms with van der Waals surface area (Å²) in [7, 11) is 1.23. The number of Topliss-reactive ketones (excluding diaryl/α,β-unsaturated/α-hetero) is 1. The van der Waals surface area contributed by atoms with E-state index in [1.807, 2.05) is 0 Å². The van der Waals surface area contributed by atoms with Gasteiger partial charge in [0.1, 0.15) is 0 Å². The van der Waals surface area contributed by atoms with Crippen LogP contribution in [0.15, 0.2) is 40.7 Å². The summed E-state index contributed by atoms with van der Waals surface area (Å²) < 4.78 is 4.86. The fourth-order valence-corrected chi connectivity index (χ4v) is 3.55. The van der Waals surface area contributed by atoms with Crippen LogP contribution in [0, 0.1) is 10.1 Å². The number of nitro benzene ring substituents is 1. The normalized spacial score (nSPS) is 19.8. The van der Waals surface area contributed by atoms with Crippen molar-refractivity contribution < 1.29 is 24.4 Å². The largest absolute Gasteiger partial charge is 0.868 e. The van der Waals surface area contributed by atoms with Gasteiger partial charge in [0, 0.05) is 35.4 Å². The van der Waals surface area contributed by atoms with Crippen molar-refractivity contribution in [2.24, 2.45) is 0 Å². The third-order valence-corrected chi connectivity index (χ3v) is 4.69. The molecule has 3 rings (SSSR count). The van der Waals surface area contributed by atoms with Gasteiger partial charge < -0.3 is 15.2 Å². The van der Waals surface area contributed by atoms with Crippen molar-refractivity contribution >= 4 is 17.4 Å². The Labute approximate surface area is 149 Å². The van der Waals surface area contributed by atoms with Crippen LogP contribution in [0.3, 0.4) is 0 Å². The van der Waals surface area contributed by atoms with Gasteiger partial charge in [-0.1, -0.05) is 12.1 Å². The highest BCUT2D eigenvalue weighted by molar-refractivity contribution is 6.03. The molecule has 1 heterocycles. The van der Waals surface area contributed by atoms with Crippen LogP contribution in [0.4, 0.5) is 5.69 Å². The van der Waals surface area contributed by atoms with E-state index in [1.54, 1.807) is 6.92 Å². The number of ketones is 1. The second kappa shape index (κ2) is 6.62. The van der Waals surface area contributed by atoms with E-state index in [2.05, 4.69) is 5.32 Å². The first-order valence-electron chi connectivity index (χ1n) is 8.12. The van der Waals surface area contributed by atoms with Gasteiger partial charge >= 0.3 is 5.97 Å². The maximum absolute atomic E-state index is 12.6. The van der Waals surface area contributed by atoms with Gasteiger partial charge in [0.25, 0.3) is 5.69 Å². The highest BCUT2D eigenvalue weighted by Gasteiger charge is 2.39. The zero-order valence-electron chi connectivity index (χ0n) is 14.3. The van der Waals surface area contributed by atoms with Crippen LogP contribution in [0.2, 0.25) is 0 Å². The van der Waals surface area contributed by atoms with Gasteiger partial charge in [-0.25, -0.2) is 4.79 Å². The molecule has 2 aliphatic rings. The summed E-state index contributed by atoms with van der Waals surface area (Å²) in [5, 5.41) is 26.0.